The lowest BCUT2D eigenvalue weighted by Gasteiger charge is -2.46. The molecule has 0 saturated carbocycles. The normalized spacial score (nSPS) is 22.5. The molecule has 0 spiro atoms. The van der Waals surface area contributed by atoms with E-state index in [1.807, 2.05) is 6.08 Å². The van der Waals surface area contributed by atoms with Gasteiger partial charge in [-0.25, -0.2) is 4.79 Å². The van der Waals surface area contributed by atoms with Crippen molar-refractivity contribution in [2.75, 3.05) is 18.1 Å². The minimum Gasteiger partial charge on any atom is -0.341 e. The van der Waals surface area contributed by atoms with Crippen LogP contribution in [0.3, 0.4) is 0 Å². The van der Waals surface area contributed by atoms with Crippen molar-refractivity contribution < 1.29 is 14.4 Å². The van der Waals surface area contributed by atoms with E-state index in [0.29, 0.717) is 11.3 Å². The Morgan fingerprint density at radius 3 is 2.72 bits per heavy atom. The number of hydrogen-bond acceptors (Lipinski definition) is 5. The Hall–Kier alpha value is -2.52. The summed E-state index contributed by atoms with van der Waals surface area (Å²) in [5.74, 6) is 0.284. The van der Waals surface area contributed by atoms with Crippen molar-refractivity contribution in [3.05, 3.63) is 42.1 Å². The van der Waals surface area contributed by atoms with E-state index >= 15 is 0 Å². The minimum absolute atomic E-state index is 0.0622. The fourth-order valence-electron chi connectivity index (χ4n) is 2.63. The molecular formula is C16H19N5O3S. The lowest BCUT2D eigenvalue weighted by atomic mass is 10.0. The average molecular weight is 361 g/mol. The number of hydrogen-bond donors (Lipinski definition) is 4. The van der Waals surface area contributed by atoms with E-state index in [4.69, 9.17) is 5.73 Å². The zero-order valence-electron chi connectivity index (χ0n) is 13.6. The minimum atomic E-state index is -0.889. The number of amides is 4. The summed E-state index contributed by atoms with van der Waals surface area (Å²) in [5, 5.41) is 7.74. The Morgan fingerprint density at radius 1 is 1.32 bits per heavy atom. The summed E-state index contributed by atoms with van der Waals surface area (Å²) in [6, 6.07) is 4.90. The highest BCUT2D eigenvalue weighted by Crippen LogP contribution is 2.33. The Kier molecular flexibility index (Phi) is 4.95. The molecule has 2 aliphatic heterocycles. The van der Waals surface area contributed by atoms with Gasteiger partial charge in [0, 0.05) is 24.7 Å². The lowest BCUT2D eigenvalue weighted by molar-refractivity contribution is -0.145. The van der Waals surface area contributed by atoms with Crippen molar-refractivity contribution in [3.63, 3.8) is 0 Å². The van der Waals surface area contributed by atoms with Crippen LogP contribution in [-0.2, 0) is 9.59 Å². The third kappa shape index (κ3) is 3.47. The van der Waals surface area contributed by atoms with Gasteiger partial charge in [0.2, 0.25) is 5.91 Å². The Labute approximate surface area is 149 Å². The molecule has 2 unspecified atom stereocenters. The average Bonchev–Trinajstić information content (AvgIpc) is 2.65. The van der Waals surface area contributed by atoms with Crippen LogP contribution >= 0.6 is 11.8 Å². The Balaban J connectivity index is 1.60. The summed E-state index contributed by atoms with van der Waals surface area (Å²) < 4.78 is 0. The molecule has 0 aromatic heterocycles. The first kappa shape index (κ1) is 17.3. The molecule has 0 radical (unpaired) electrons. The van der Waals surface area contributed by atoms with Gasteiger partial charge in [-0.2, -0.15) is 0 Å². The molecule has 25 heavy (non-hydrogen) atoms. The van der Waals surface area contributed by atoms with Crippen LogP contribution in [0, 0.1) is 0 Å². The standard InChI is InChI=1S/C16H19N5O3S/c1-18-16(24)19-10-5-3-9(4-6-10)11(17)13(22)20-12-14(23)21-7-2-8-25-15(12)21/h2-7,11-12,15H,8,17H2,1H3,(H,20,22)(H2,18,19,24)/t11?,12?,15-/m1/s1. The quantitative estimate of drug-likeness (QED) is 0.578. The van der Waals surface area contributed by atoms with Gasteiger partial charge < -0.3 is 26.6 Å². The molecule has 2 aliphatic rings. The molecule has 4 amide bonds. The Bertz CT molecular complexity index is 721. The first-order valence-corrected chi connectivity index (χ1v) is 8.81. The summed E-state index contributed by atoms with van der Waals surface area (Å²) in [7, 11) is 1.52. The molecule has 9 heteroatoms. The highest BCUT2D eigenvalue weighted by atomic mass is 32.2. The van der Waals surface area contributed by atoms with E-state index in [1.54, 1.807) is 47.1 Å². The van der Waals surface area contributed by atoms with Crippen LogP contribution < -0.4 is 21.7 Å². The van der Waals surface area contributed by atoms with Crippen LogP contribution in [0.1, 0.15) is 11.6 Å². The van der Waals surface area contributed by atoms with Gasteiger partial charge in [0.05, 0.1) is 0 Å². The number of fused-ring (bicyclic) bond motifs is 1. The maximum Gasteiger partial charge on any atom is 0.318 e. The number of β-lactam (4-membered cyclic amide) rings is 1. The molecule has 1 fully saturated rings. The smallest absolute Gasteiger partial charge is 0.318 e. The summed E-state index contributed by atoms with van der Waals surface area (Å²) in [4.78, 5) is 37.3. The molecule has 2 heterocycles. The van der Waals surface area contributed by atoms with Crippen LogP contribution in [-0.4, -0.2) is 47.0 Å². The largest absolute Gasteiger partial charge is 0.341 e. The number of anilines is 1. The SMILES string of the molecule is CNC(=O)Nc1ccc(C(N)C(=O)NC2C(=O)N3C=CCS[C@H]23)cc1. The molecular weight excluding hydrogens is 342 g/mol. The highest BCUT2D eigenvalue weighted by Gasteiger charge is 2.48. The van der Waals surface area contributed by atoms with E-state index in [2.05, 4.69) is 16.0 Å². The van der Waals surface area contributed by atoms with Crippen LogP contribution in [0.4, 0.5) is 10.5 Å². The number of thioether (sulfide) groups is 1. The fraction of sp³-hybridized carbons (Fsp3) is 0.312. The van der Waals surface area contributed by atoms with Gasteiger partial charge in [0.15, 0.2) is 0 Å². The molecule has 8 nitrogen and oxygen atoms in total. The number of carbonyl (C=O) groups is 3. The van der Waals surface area contributed by atoms with Gasteiger partial charge in [-0.3, -0.25) is 9.59 Å². The van der Waals surface area contributed by atoms with Gasteiger partial charge in [-0.15, -0.1) is 11.8 Å². The predicted molar refractivity (Wildman–Crippen MR) is 95.6 cm³/mol. The number of benzene rings is 1. The van der Waals surface area contributed by atoms with E-state index in [-0.39, 0.29) is 17.3 Å². The highest BCUT2D eigenvalue weighted by molar-refractivity contribution is 8.00. The van der Waals surface area contributed by atoms with Gasteiger partial charge in [0.1, 0.15) is 17.5 Å². The molecule has 1 aromatic carbocycles. The molecule has 5 N–H and O–H groups in total. The van der Waals surface area contributed by atoms with Crippen LogP contribution in [0.5, 0.6) is 0 Å². The fourth-order valence-corrected chi connectivity index (χ4v) is 3.73. The summed E-state index contributed by atoms with van der Waals surface area (Å²) in [6.45, 7) is 0. The number of rotatable bonds is 4. The van der Waals surface area contributed by atoms with E-state index in [1.165, 1.54) is 7.05 Å². The molecule has 0 aliphatic carbocycles. The second kappa shape index (κ2) is 7.16. The van der Waals surface area contributed by atoms with Gasteiger partial charge in [-0.1, -0.05) is 18.2 Å². The molecule has 3 rings (SSSR count). The zero-order valence-corrected chi connectivity index (χ0v) is 14.4. The number of nitrogens with zero attached hydrogens (tertiary/aromatic N) is 1. The monoisotopic (exact) mass is 361 g/mol. The second-order valence-electron chi connectivity index (χ2n) is 5.64. The van der Waals surface area contributed by atoms with E-state index in [0.717, 1.165) is 5.75 Å². The number of carbonyl (C=O) groups excluding carboxylic acids is 3. The second-order valence-corrected chi connectivity index (χ2v) is 6.79. The maximum atomic E-state index is 12.4. The van der Waals surface area contributed by atoms with Crippen molar-refractivity contribution in [1.82, 2.24) is 15.5 Å². The molecule has 3 atom stereocenters. The number of nitrogens with two attached hydrogens (primary N) is 1. The number of urea groups is 1. The summed E-state index contributed by atoms with van der Waals surface area (Å²) in [6.07, 6.45) is 3.67. The first-order chi connectivity index (χ1) is 12.0. The molecule has 1 saturated heterocycles. The predicted octanol–water partition coefficient (Wildman–Crippen LogP) is 0.351. The van der Waals surface area contributed by atoms with Crippen molar-refractivity contribution in [2.24, 2.45) is 5.73 Å². The number of nitrogens with one attached hydrogen (secondary N) is 3. The third-order valence-electron chi connectivity index (χ3n) is 4.04. The van der Waals surface area contributed by atoms with E-state index < -0.39 is 18.0 Å². The van der Waals surface area contributed by atoms with Crippen molar-refractivity contribution in [3.8, 4) is 0 Å². The summed E-state index contributed by atoms with van der Waals surface area (Å²) in [5.41, 5.74) is 7.18. The molecule has 1 aromatic rings. The Morgan fingerprint density at radius 2 is 2.04 bits per heavy atom. The maximum absolute atomic E-state index is 12.4. The van der Waals surface area contributed by atoms with E-state index in [9.17, 15) is 14.4 Å². The van der Waals surface area contributed by atoms with Gasteiger partial charge in [0.25, 0.3) is 5.91 Å². The van der Waals surface area contributed by atoms with Gasteiger partial charge >= 0.3 is 6.03 Å². The zero-order chi connectivity index (χ0) is 18.0. The lowest BCUT2D eigenvalue weighted by Crippen LogP contribution is -2.68. The van der Waals surface area contributed by atoms with Crippen LogP contribution in [0.25, 0.3) is 0 Å². The van der Waals surface area contributed by atoms with Crippen LogP contribution in [0.15, 0.2) is 36.5 Å². The topological polar surface area (TPSA) is 117 Å². The van der Waals surface area contributed by atoms with Crippen LogP contribution in [0.2, 0.25) is 0 Å². The third-order valence-corrected chi connectivity index (χ3v) is 5.27. The molecule has 0 bridgehead atoms. The summed E-state index contributed by atoms with van der Waals surface area (Å²) >= 11 is 1.60. The molecule has 132 valence electrons. The van der Waals surface area contributed by atoms with Gasteiger partial charge in [-0.05, 0) is 17.7 Å². The first-order valence-electron chi connectivity index (χ1n) is 7.76. The van der Waals surface area contributed by atoms with Crippen molar-refractivity contribution in [2.45, 2.75) is 17.5 Å². The van der Waals surface area contributed by atoms with Crippen molar-refractivity contribution >= 4 is 35.3 Å². The van der Waals surface area contributed by atoms with Crippen molar-refractivity contribution in [1.29, 1.82) is 0 Å².